The molecule has 0 unspecified atom stereocenters. The van der Waals surface area contributed by atoms with E-state index >= 15 is 0 Å². The summed E-state index contributed by atoms with van der Waals surface area (Å²) >= 11 is -5.37. The molecular weight excluding hydrogens is 348 g/mol. The van der Waals surface area contributed by atoms with Crippen LogP contribution in [0.3, 0.4) is 0 Å². The topological polar surface area (TPSA) is 44.8 Å². The fourth-order valence-electron chi connectivity index (χ4n) is 0.263. The maximum absolute atomic E-state index is 10.2. The zero-order valence-electron chi connectivity index (χ0n) is 2.53. The molecule has 2 bridgehead atoms. The van der Waals surface area contributed by atoms with Gasteiger partial charge in [0.1, 0.15) is 0 Å². The van der Waals surface area contributed by atoms with Crippen LogP contribution < -0.4 is 0 Å². The van der Waals surface area contributed by atoms with Crippen LogP contribution in [0.2, 0.25) is 0 Å². The molecule has 0 radical (unpaired) electrons. The Bertz CT molecular complexity index is 106. The van der Waals surface area contributed by atoms with Gasteiger partial charge in [-0.05, 0) is 0 Å². The Labute approximate surface area is 46.6 Å². The van der Waals surface area contributed by atoms with Crippen LogP contribution in [0.4, 0.5) is 0 Å². The van der Waals surface area contributed by atoms with E-state index in [2.05, 4.69) is 5.41 Å². The Morgan fingerprint density at radius 3 is 1.67 bits per heavy atom. The molecule has 0 aliphatic carbocycles. The molecule has 6 heteroatoms. The Hall–Kier alpha value is 1.12. The van der Waals surface area contributed by atoms with Crippen molar-refractivity contribution < 1.29 is 9.15 Å². The van der Waals surface area contributed by atoms with Gasteiger partial charge in [0.2, 0.25) is 0 Å². The van der Waals surface area contributed by atoms with Gasteiger partial charge in [0.15, 0.2) is 0 Å². The molecule has 3 fully saturated rings. The summed E-state index contributed by atoms with van der Waals surface area (Å²) in [6, 6.07) is 0. The molecule has 0 spiro atoms. The molecule has 0 saturated carbocycles. The number of hydrogen-bond acceptors (Lipinski definition) is 4. The van der Waals surface area contributed by atoms with Gasteiger partial charge in [-0.25, -0.2) is 0 Å². The standard InChI is InChI=1S/AsH3O4.Bi/c2-1(3,4)5;/h(H3,2,3,4,5);/q;+3/p-3. The van der Waals surface area contributed by atoms with Crippen molar-refractivity contribution in [2.75, 3.05) is 0 Å². The van der Waals surface area contributed by atoms with Crippen molar-refractivity contribution >= 4 is 37.6 Å². The molecule has 3 aliphatic rings. The Balaban J connectivity index is 2.39. The Morgan fingerprint density at radius 2 is 1.67 bits per heavy atom. The van der Waals surface area contributed by atoms with Crippen LogP contribution in [0.25, 0.3) is 0 Å². The van der Waals surface area contributed by atoms with E-state index < -0.39 is 37.6 Å². The van der Waals surface area contributed by atoms with E-state index in [1.165, 1.54) is 0 Å². The summed E-state index contributed by atoms with van der Waals surface area (Å²) < 4.78 is 24.0. The minimum atomic E-state index is -3.25. The molecule has 4 nitrogen and oxygen atoms in total. The molecule has 0 aromatic heterocycles. The summed E-state index contributed by atoms with van der Waals surface area (Å²) in [6.07, 6.45) is 0. The van der Waals surface area contributed by atoms with Gasteiger partial charge < -0.3 is 0 Å². The van der Waals surface area contributed by atoms with E-state index in [0.29, 0.717) is 0 Å². The molecule has 3 aliphatic heterocycles. The zero-order chi connectivity index (χ0) is 4.20. The van der Waals surface area contributed by atoms with Gasteiger partial charge in [-0.1, -0.05) is 0 Å². The van der Waals surface area contributed by atoms with Crippen molar-refractivity contribution in [3.05, 3.63) is 0 Å². The maximum atomic E-state index is 10.2. The van der Waals surface area contributed by atoms with Crippen molar-refractivity contribution in [1.82, 2.24) is 0 Å². The molecule has 0 aromatic carbocycles. The van der Waals surface area contributed by atoms with Crippen LogP contribution in [-0.4, -0.2) is 37.6 Å². The van der Waals surface area contributed by atoms with Gasteiger partial charge in [0.25, 0.3) is 0 Å². The van der Waals surface area contributed by atoms with Gasteiger partial charge in [-0.2, -0.15) is 0 Å². The van der Waals surface area contributed by atoms with Gasteiger partial charge in [0.05, 0.1) is 0 Å². The quantitative estimate of drug-likeness (QED) is 0.523. The van der Waals surface area contributed by atoms with Crippen LogP contribution in [0, 0.1) is 0 Å². The van der Waals surface area contributed by atoms with Gasteiger partial charge in [0, 0.05) is 0 Å². The first-order chi connectivity index (χ1) is 2.79. The number of hydrogen-bond donors (Lipinski definition) is 0. The first-order valence-electron chi connectivity index (χ1n) is 1.28. The van der Waals surface area contributed by atoms with Crippen molar-refractivity contribution in [2.24, 2.45) is 0 Å². The summed E-state index contributed by atoms with van der Waals surface area (Å²) in [4.78, 5) is 0. The minimum absolute atomic E-state index is 2.13. The zero-order valence-corrected chi connectivity index (χ0v) is 7.88. The van der Waals surface area contributed by atoms with Gasteiger partial charge >= 0.3 is 46.7 Å². The molecule has 0 amide bonds. The first kappa shape index (κ1) is 4.05. The van der Waals surface area contributed by atoms with Crippen LogP contribution in [0.15, 0.2) is 0 Å². The molecular formula is AsBiO4. The van der Waals surface area contributed by atoms with E-state index in [1.54, 1.807) is 0 Å². The second-order valence-corrected chi connectivity index (χ2v) is 15.5. The van der Waals surface area contributed by atoms with Crippen LogP contribution in [0.5, 0.6) is 0 Å². The van der Waals surface area contributed by atoms with Crippen molar-refractivity contribution in [2.45, 2.75) is 0 Å². The number of rotatable bonds is 0. The van der Waals surface area contributed by atoms with E-state index in [-0.39, 0.29) is 0 Å². The van der Waals surface area contributed by atoms with E-state index in [0.717, 1.165) is 0 Å². The third kappa shape index (κ3) is 0.335. The third-order valence-corrected chi connectivity index (χ3v) is 22.8. The van der Waals surface area contributed by atoms with E-state index in [4.69, 9.17) is 0 Å². The SMILES string of the molecule is O=[As]12[O][Bi]([O]1)[O]2. The monoisotopic (exact) mass is 348 g/mol. The third-order valence-electron chi connectivity index (χ3n) is 0.500. The molecule has 0 N–H and O–H groups in total. The molecule has 6 heavy (non-hydrogen) atoms. The molecule has 3 saturated heterocycles. The van der Waals surface area contributed by atoms with Crippen LogP contribution in [0.1, 0.15) is 0 Å². The summed E-state index contributed by atoms with van der Waals surface area (Å²) in [6.45, 7) is 0. The summed E-state index contributed by atoms with van der Waals surface area (Å²) in [5.41, 5.74) is 0. The predicted molar refractivity (Wildman–Crippen MR) is 15.4 cm³/mol. The summed E-state index contributed by atoms with van der Waals surface area (Å²) in [5, 5.41) is 0. The normalized spacial score (nSPS) is 37.3. The predicted octanol–water partition coefficient (Wildman–Crippen LogP) is -1.09. The second-order valence-electron chi connectivity index (χ2n) is 0.916. The van der Waals surface area contributed by atoms with Gasteiger partial charge in [-0.3, -0.25) is 0 Å². The average Bonchev–Trinajstić information content (AvgIpc) is 1.24. The second kappa shape index (κ2) is 0.933. The molecule has 3 heterocycles. The van der Waals surface area contributed by atoms with E-state index in [9.17, 15) is 3.74 Å². The van der Waals surface area contributed by atoms with Crippen LogP contribution >= 0.6 is 0 Å². The summed E-state index contributed by atoms with van der Waals surface area (Å²) in [5.74, 6) is 0. The van der Waals surface area contributed by atoms with Crippen molar-refractivity contribution in [1.29, 1.82) is 0 Å². The van der Waals surface area contributed by atoms with Crippen LogP contribution in [-0.2, 0) is 9.15 Å². The fraction of sp³-hybridized carbons (Fsp3) is 0. The van der Waals surface area contributed by atoms with E-state index in [1.807, 2.05) is 0 Å². The Morgan fingerprint density at radius 1 is 1.33 bits per heavy atom. The molecule has 34 valence electrons. The average molecular weight is 348 g/mol. The van der Waals surface area contributed by atoms with Crippen molar-refractivity contribution in [3.63, 3.8) is 0 Å². The first-order valence-corrected chi connectivity index (χ1v) is 8.60. The molecule has 3 rings (SSSR count). The summed E-state index contributed by atoms with van der Waals surface area (Å²) in [7, 11) is 0. The Kier molecular flexibility index (Phi) is 0.629. The molecule has 0 aromatic rings. The van der Waals surface area contributed by atoms with Gasteiger partial charge in [-0.15, -0.1) is 0 Å². The van der Waals surface area contributed by atoms with Crippen molar-refractivity contribution in [3.8, 4) is 0 Å². The fourth-order valence-corrected chi connectivity index (χ4v) is 12.0. The molecule has 0 atom stereocenters.